The minimum absolute atomic E-state index is 0.0606. The van der Waals surface area contributed by atoms with Crippen LogP contribution in [0, 0.1) is 5.41 Å². The van der Waals surface area contributed by atoms with Crippen LogP contribution in [0.4, 0.5) is 4.79 Å². The van der Waals surface area contributed by atoms with Gasteiger partial charge in [-0.25, -0.2) is 4.79 Å². The summed E-state index contributed by atoms with van der Waals surface area (Å²) in [7, 11) is 5.51. The molecule has 0 aliphatic carbocycles. The topological polar surface area (TPSA) is 73.5 Å². The maximum atomic E-state index is 11.6. The highest BCUT2D eigenvalue weighted by Gasteiger charge is 2.22. The van der Waals surface area contributed by atoms with E-state index in [1.807, 2.05) is 14.1 Å². The third kappa shape index (κ3) is 7.24. The second-order valence-electron chi connectivity index (χ2n) is 5.57. The van der Waals surface area contributed by atoms with Gasteiger partial charge in [0.05, 0.1) is 6.04 Å². The van der Waals surface area contributed by atoms with Crippen molar-refractivity contribution in [2.75, 3.05) is 34.2 Å². The Kier molecular flexibility index (Phi) is 6.86. The summed E-state index contributed by atoms with van der Waals surface area (Å²) in [5, 5.41) is 7.73. The third-order valence-corrected chi connectivity index (χ3v) is 2.49. The third-order valence-electron chi connectivity index (χ3n) is 2.49. The smallest absolute Gasteiger partial charge is 0.321 e. The van der Waals surface area contributed by atoms with Crippen molar-refractivity contribution >= 4 is 11.9 Å². The van der Waals surface area contributed by atoms with Crippen LogP contribution in [0.15, 0.2) is 0 Å². The van der Waals surface area contributed by atoms with E-state index in [2.05, 4.69) is 34.7 Å². The number of carbonyl (C=O) groups excluding carboxylic acids is 2. The molecule has 0 heterocycles. The zero-order valence-electron chi connectivity index (χ0n) is 12.3. The van der Waals surface area contributed by atoms with E-state index in [4.69, 9.17) is 0 Å². The average molecular weight is 258 g/mol. The van der Waals surface area contributed by atoms with E-state index in [-0.39, 0.29) is 11.3 Å². The van der Waals surface area contributed by atoms with Gasteiger partial charge < -0.3 is 15.5 Å². The fraction of sp³-hybridized carbons (Fsp3) is 0.833. The molecule has 0 aliphatic rings. The summed E-state index contributed by atoms with van der Waals surface area (Å²) < 4.78 is 0. The first-order chi connectivity index (χ1) is 8.18. The highest BCUT2D eigenvalue weighted by molar-refractivity contribution is 5.96. The van der Waals surface area contributed by atoms with Crippen LogP contribution in [0.1, 0.15) is 20.8 Å². The Bertz CT molecular complexity index is 290. The van der Waals surface area contributed by atoms with Gasteiger partial charge in [0, 0.05) is 20.1 Å². The van der Waals surface area contributed by atoms with Crippen LogP contribution in [0.2, 0.25) is 0 Å². The van der Waals surface area contributed by atoms with Crippen molar-refractivity contribution in [3.8, 4) is 0 Å². The molecule has 0 spiro atoms. The lowest BCUT2D eigenvalue weighted by Gasteiger charge is -2.29. The van der Waals surface area contributed by atoms with Crippen molar-refractivity contribution in [1.29, 1.82) is 0 Å². The minimum Gasteiger partial charge on any atom is -0.341 e. The Morgan fingerprint density at radius 1 is 1.28 bits per heavy atom. The molecule has 0 fully saturated rings. The molecule has 0 aliphatic heterocycles. The molecule has 0 radical (unpaired) electrons. The summed E-state index contributed by atoms with van der Waals surface area (Å²) in [6.45, 7) is 7.62. The number of imide groups is 1. The van der Waals surface area contributed by atoms with E-state index >= 15 is 0 Å². The van der Waals surface area contributed by atoms with Crippen LogP contribution < -0.4 is 16.0 Å². The average Bonchev–Trinajstić information content (AvgIpc) is 2.23. The summed E-state index contributed by atoms with van der Waals surface area (Å²) in [5.41, 5.74) is 0.0606. The van der Waals surface area contributed by atoms with Crippen molar-refractivity contribution in [2.45, 2.75) is 26.8 Å². The fourth-order valence-corrected chi connectivity index (χ4v) is 1.72. The van der Waals surface area contributed by atoms with Gasteiger partial charge in [-0.1, -0.05) is 13.8 Å². The van der Waals surface area contributed by atoms with Gasteiger partial charge in [-0.2, -0.15) is 0 Å². The van der Waals surface area contributed by atoms with Crippen LogP contribution in [-0.4, -0.2) is 57.1 Å². The Morgan fingerprint density at radius 3 is 2.28 bits per heavy atom. The standard InChI is InChI=1S/C12H26N4O2/c1-9(10(17)15-11(18)13-4)14-7-12(2,3)8-16(5)6/h9,14H,7-8H2,1-6H3,(H2,13,15,17,18). The largest absolute Gasteiger partial charge is 0.341 e. The van der Waals surface area contributed by atoms with E-state index in [1.54, 1.807) is 6.92 Å². The molecule has 0 aromatic heterocycles. The van der Waals surface area contributed by atoms with Crippen molar-refractivity contribution in [3.05, 3.63) is 0 Å². The molecule has 0 bridgehead atoms. The summed E-state index contributed by atoms with van der Waals surface area (Å²) >= 11 is 0. The lowest BCUT2D eigenvalue weighted by Crippen LogP contribution is -2.50. The molecule has 6 heteroatoms. The van der Waals surface area contributed by atoms with Crippen LogP contribution in [0.3, 0.4) is 0 Å². The van der Waals surface area contributed by atoms with E-state index in [9.17, 15) is 9.59 Å². The van der Waals surface area contributed by atoms with Gasteiger partial charge in [-0.15, -0.1) is 0 Å². The molecule has 0 saturated carbocycles. The van der Waals surface area contributed by atoms with E-state index < -0.39 is 12.1 Å². The molecule has 3 amide bonds. The summed E-state index contributed by atoms with van der Waals surface area (Å²) in [6.07, 6.45) is 0. The number of urea groups is 1. The second kappa shape index (κ2) is 7.33. The molecule has 1 atom stereocenters. The van der Waals surface area contributed by atoms with Crippen LogP contribution in [0.5, 0.6) is 0 Å². The number of rotatable bonds is 6. The number of nitrogens with one attached hydrogen (secondary N) is 3. The van der Waals surface area contributed by atoms with Crippen LogP contribution >= 0.6 is 0 Å². The first-order valence-corrected chi connectivity index (χ1v) is 6.08. The fourth-order valence-electron chi connectivity index (χ4n) is 1.72. The first-order valence-electron chi connectivity index (χ1n) is 6.08. The first kappa shape index (κ1) is 16.9. The molecule has 3 N–H and O–H groups in total. The van der Waals surface area contributed by atoms with Crippen molar-refractivity contribution in [3.63, 3.8) is 0 Å². The van der Waals surface area contributed by atoms with Gasteiger partial charge in [0.25, 0.3) is 0 Å². The predicted molar refractivity (Wildman–Crippen MR) is 72.4 cm³/mol. The van der Waals surface area contributed by atoms with Crippen LogP contribution in [0.25, 0.3) is 0 Å². The lowest BCUT2D eigenvalue weighted by atomic mass is 9.92. The monoisotopic (exact) mass is 258 g/mol. The van der Waals surface area contributed by atoms with Crippen molar-refractivity contribution in [2.24, 2.45) is 5.41 Å². The lowest BCUT2D eigenvalue weighted by molar-refractivity contribution is -0.121. The molecular formula is C12H26N4O2. The SMILES string of the molecule is CNC(=O)NC(=O)C(C)NCC(C)(C)CN(C)C. The molecule has 1 unspecified atom stereocenters. The molecule has 0 aromatic rings. The molecular weight excluding hydrogens is 232 g/mol. The molecule has 18 heavy (non-hydrogen) atoms. The van der Waals surface area contributed by atoms with Gasteiger partial charge in [0.2, 0.25) is 5.91 Å². The Labute approximate surface area is 109 Å². The quantitative estimate of drug-likeness (QED) is 0.627. The zero-order valence-corrected chi connectivity index (χ0v) is 12.3. The van der Waals surface area contributed by atoms with Crippen molar-refractivity contribution in [1.82, 2.24) is 20.9 Å². The normalized spacial score (nSPS) is 13.3. The molecule has 0 aromatic carbocycles. The van der Waals surface area contributed by atoms with Gasteiger partial charge in [-0.05, 0) is 26.4 Å². The number of hydrogen-bond acceptors (Lipinski definition) is 4. The number of carbonyl (C=O) groups is 2. The van der Waals surface area contributed by atoms with E-state index in [0.29, 0.717) is 6.54 Å². The number of hydrogen-bond donors (Lipinski definition) is 3. The van der Waals surface area contributed by atoms with Gasteiger partial charge in [0.1, 0.15) is 0 Å². The maximum absolute atomic E-state index is 11.6. The summed E-state index contributed by atoms with van der Waals surface area (Å²) in [5.74, 6) is -0.324. The zero-order chi connectivity index (χ0) is 14.3. The van der Waals surface area contributed by atoms with Gasteiger partial charge >= 0.3 is 6.03 Å². The van der Waals surface area contributed by atoms with E-state index in [1.165, 1.54) is 7.05 Å². The Morgan fingerprint density at radius 2 is 1.83 bits per heavy atom. The van der Waals surface area contributed by atoms with Gasteiger partial charge in [0.15, 0.2) is 0 Å². The second-order valence-corrected chi connectivity index (χ2v) is 5.57. The number of amides is 3. The molecule has 106 valence electrons. The highest BCUT2D eigenvalue weighted by atomic mass is 16.2. The summed E-state index contributed by atoms with van der Waals surface area (Å²) in [4.78, 5) is 24.7. The Hall–Kier alpha value is -1.14. The minimum atomic E-state index is -0.485. The van der Waals surface area contributed by atoms with Crippen LogP contribution in [-0.2, 0) is 4.79 Å². The Balaban J connectivity index is 4.12. The molecule has 0 saturated heterocycles. The summed E-state index contributed by atoms with van der Waals surface area (Å²) in [6, 6.07) is -0.884. The van der Waals surface area contributed by atoms with E-state index in [0.717, 1.165) is 6.54 Å². The number of nitrogens with zero attached hydrogens (tertiary/aromatic N) is 1. The maximum Gasteiger partial charge on any atom is 0.321 e. The molecule has 0 rings (SSSR count). The highest BCUT2D eigenvalue weighted by Crippen LogP contribution is 2.14. The van der Waals surface area contributed by atoms with Gasteiger partial charge in [-0.3, -0.25) is 10.1 Å². The predicted octanol–water partition coefficient (Wildman–Crippen LogP) is 0.00790. The molecule has 6 nitrogen and oxygen atoms in total. The van der Waals surface area contributed by atoms with Crippen molar-refractivity contribution < 1.29 is 9.59 Å².